The number of ketones is 2. The van der Waals surface area contributed by atoms with Crippen LogP contribution in [-0.4, -0.2) is 63.4 Å². The summed E-state index contributed by atoms with van der Waals surface area (Å²) in [5.41, 5.74) is -0.441. The van der Waals surface area contributed by atoms with Crippen molar-refractivity contribution in [3.05, 3.63) is 41.1 Å². The van der Waals surface area contributed by atoms with E-state index in [-0.39, 0.29) is 81.2 Å². The fraction of sp³-hybridized carbons (Fsp3) is 0.552. The lowest BCUT2D eigenvalue weighted by molar-refractivity contribution is 0.0684. The summed E-state index contributed by atoms with van der Waals surface area (Å²) in [5, 5.41) is 20.2. The molecular weight excluding hydrogens is 552 g/mol. The summed E-state index contributed by atoms with van der Waals surface area (Å²) in [6.07, 6.45) is 1.47. The SMILES string of the molecule is Cn1c(C(=O)O)ccc1S(=O)(=O)N1CCC(Sc2cc(C(=O)CC(C)(C)C)c(O)c(C(=O)CC(C)(C)C)c2)CC1. The van der Waals surface area contributed by atoms with Crippen LogP contribution in [0.25, 0.3) is 0 Å². The topological polar surface area (TPSA) is 134 Å². The number of aromatic carboxylic acids is 1. The molecule has 0 bridgehead atoms. The van der Waals surface area contributed by atoms with Crippen LogP contribution >= 0.6 is 11.8 Å². The van der Waals surface area contributed by atoms with Crippen LogP contribution in [0.3, 0.4) is 0 Å². The standard InChI is InChI=1S/C29H40N2O7S2/c1-28(2,3)16-23(32)20-14-19(15-21(26(20)34)24(33)17-29(4,5)6)39-18-10-12-31(13-11-18)40(37,38)25-9-8-22(27(35)36)30(25)7/h8-9,14-15,18,34H,10-13,16-17H2,1-7H3,(H,35,36). The Balaban J connectivity index is 1.83. The molecule has 0 radical (unpaired) electrons. The molecule has 1 aromatic heterocycles. The quantitative estimate of drug-likeness (QED) is 0.359. The Morgan fingerprint density at radius 3 is 1.80 bits per heavy atom. The molecule has 0 atom stereocenters. The van der Waals surface area contributed by atoms with E-state index < -0.39 is 16.0 Å². The first-order chi connectivity index (χ1) is 18.3. The first-order valence-corrected chi connectivity index (χ1v) is 15.6. The van der Waals surface area contributed by atoms with Crippen LogP contribution in [-0.2, 0) is 17.1 Å². The number of benzene rings is 1. The maximum absolute atomic E-state index is 13.2. The summed E-state index contributed by atoms with van der Waals surface area (Å²) in [6, 6.07) is 5.87. The van der Waals surface area contributed by atoms with Gasteiger partial charge in [-0.25, -0.2) is 13.2 Å². The van der Waals surface area contributed by atoms with Crippen molar-refractivity contribution in [2.45, 2.75) is 82.4 Å². The number of hydrogen-bond acceptors (Lipinski definition) is 7. The van der Waals surface area contributed by atoms with Crippen LogP contribution < -0.4 is 0 Å². The Morgan fingerprint density at radius 1 is 0.925 bits per heavy atom. The van der Waals surface area contributed by atoms with E-state index in [1.807, 2.05) is 41.5 Å². The minimum atomic E-state index is -3.88. The minimum Gasteiger partial charge on any atom is -0.506 e. The number of aromatic nitrogens is 1. The molecule has 1 fully saturated rings. The number of phenols is 1. The van der Waals surface area contributed by atoms with Crippen molar-refractivity contribution >= 4 is 39.3 Å². The molecule has 2 heterocycles. The number of aromatic hydroxyl groups is 1. The molecule has 1 aromatic carbocycles. The van der Waals surface area contributed by atoms with E-state index in [1.54, 1.807) is 12.1 Å². The highest BCUT2D eigenvalue weighted by Gasteiger charge is 2.33. The third-order valence-electron chi connectivity index (χ3n) is 6.67. The maximum atomic E-state index is 13.2. The first kappa shape index (κ1) is 31.9. The van der Waals surface area contributed by atoms with Crippen LogP contribution in [0.2, 0.25) is 0 Å². The zero-order chi connectivity index (χ0) is 30.2. The fourth-order valence-electron chi connectivity index (χ4n) is 4.74. The van der Waals surface area contributed by atoms with E-state index in [9.17, 15) is 33.0 Å². The predicted molar refractivity (Wildman–Crippen MR) is 155 cm³/mol. The molecule has 9 nitrogen and oxygen atoms in total. The molecule has 0 spiro atoms. The van der Waals surface area contributed by atoms with Gasteiger partial charge < -0.3 is 14.8 Å². The van der Waals surface area contributed by atoms with Crippen LogP contribution in [0.5, 0.6) is 5.75 Å². The molecule has 2 N–H and O–H groups in total. The molecule has 2 aromatic rings. The van der Waals surface area contributed by atoms with Crippen molar-refractivity contribution in [1.82, 2.24) is 8.87 Å². The van der Waals surface area contributed by atoms with Crippen molar-refractivity contribution in [2.24, 2.45) is 17.9 Å². The van der Waals surface area contributed by atoms with E-state index in [4.69, 9.17) is 0 Å². The normalized spacial score (nSPS) is 15.8. The number of Topliss-reactive ketones (excluding diaryl/α,β-unsaturated/α-hetero) is 2. The second-order valence-corrected chi connectivity index (χ2v) is 16.1. The Hall–Kier alpha value is -2.63. The number of carboxylic acid groups (broad SMARTS) is 1. The van der Waals surface area contributed by atoms with Gasteiger partial charge in [0.1, 0.15) is 11.4 Å². The molecular formula is C29H40N2O7S2. The van der Waals surface area contributed by atoms with Gasteiger partial charge in [0.2, 0.25) is 0 Å². The third-order valence-corrected chi connectivity index (χ3v) is 9.96. The first-order valence-electron chi connectivity index (χ1n) is 13.3. The third kappa shape index (κ3) is 7.55. The van der Waals surface area contributed by atoms with Crippen molar-refractivity contribution in [3.8, 4) is 5.75 Å². The lowest BCUT2D eigenvalue weighted by atomic mass is 9.85. The van der Waals surface area contributed by atoms with Gasteiger partial charge in [0.25, 0.3) is 10.0 Å². The molecule has 0 saturated carbocycles. The van der Waals surface area contributed by atoms with Crippen molar-refractivity contribution < 1.29 is 33.0 Å². The zero-order valence-corrected chi connectivity index (χ0v) is 25.9. The maximum Gasteiger partial charge on any atom is 0.352 e. The van der Waals surface area contributed by atoms with Gasteiger partial charge in [0, 0.05) is 43.1 Å². The van der Waals surface area contributed by atoms with Crippen LogP contribution in [0.1, 0.15) is 98.4 Å². The summed E-state index contributed by atoms with van der Waals surface area (Å²) in [5.74, 6) is -1.95. The van der Waals surface area contributed by atoms with E-state index >= 15 is 0 Å². The second kappa shape index (κ2) is 11.7. The van der Waals surface area contributed by atoms with Gasteiger partial charge in [-0.05, 0) is 47.9 Å². The van der Waals surface area contributed by atoms with Crippen molar-refractivity contribution in [2.75, 3.05) is 13.1 Å². The Labute approximate surface area is 241 Å². The molecule has 0 aliphatic carbocycles. The van der Waals surface area contributed by atoms with E-state index in [1.165, 1.54) is 39.8 Å². The number of sulfonamides is 1. The van der Waals surface area contributed by atoms with Gasteiger partial charge in [-0.2, -0.15) is 4.31 Å². The molecule has 0 unspecified atom stereocenters. The highest BCUT2D eigenvalue weighted by molar-refractivity contribution is 8.00. The Morgan fingerprint density at radius 2 is 1.40 bits per heavy atom. The number of thioether (sulfide) groups is 1. The number of piperidine rings is 1. The number of carboxylic acids is 1. The van der Waals surface area contributed by atoms with Crippen molar-refractivity contribution in [3.63, 3.8) is 0 Å². The van der Waals surface area contributed by atoms with Gasteiger partial charge in [-0.3, -0.25) is 9.59 Å². The highest BCUT2D eigenvalue weighted by Crippen LogP contribution is 2.38. The van der Waals surface area contributed by atoms with Crippen LogP contribution in [0, 0.1) is 10.8 Å². The average molecular weight is 593 g/mol. The lowest BCUT2D eigenvalue weighted by Gasteiger charge is -2.31. The summed E-state index contributed by atoms with van der Waals surface area (Å²) in [6.45, 7) is 12.1. The fourth-order valence-corrected chi connectivity index (χ4v) is 7.58. The molecule has 1 aliphatic heterocycles. The van der Waals surface area contributed by atoms with Gasteiger partial charge >= 0.3 is 5.97 Å². The number of rotatable bonds is 9. The van der Waals surface area contributed by atoms with E-state index in [0.717, 1.165) is 0 Å². The lowest BCUT2D eigenvalue weighted by Crippen LogP contribution is -2.40. The number of nitrogens with zero attached hydrogens (tertiary/aromatic N) is 2. The van der Waals surface area contributed by atoms with Crippen LogP contribution in [0.4, 0.5) is 0 Å². The van der Waals surface area contributed by atoms with Gasteiger partial charge in [-0.1, -0.05) is 41.5 Å². The smallest absolute Gasteiger partial charge is 0.352 e. The Bertz CT molecular complexity index is 1360. The second-order valence-electron chi connectivity index (χ2n) is 12.8. The van der Waals surface area contributed by atoms with E-state index in [0.29, 0.717) is 17.7 Å². The number of carbonyl (C=O) groups is 3. The Kier molecular flexibility index (Phi) is 9.33. The predicted octanol–water partition coefficient (Wildman–Crippen LogP) is 5.61. The number of phenolic OH excluding ortho intramolecular Hbond substituents is 1. The molecule has 1 aliphatic rings. The summed E-state index contributed by atoms with van der Waals surface area (Å²) in [7, 11) is -2.46. The van der Waals surface area contributed by atoms with Crippen LogP contribution in [0.15, 0.2) is 34.2 Å². The summed E-state index contributed by atoms with van der Waals surface area (Å²) >= 11 is 1.47. The average Bonchev–Trinajstić information content (AvgIpc) is 3.20. The summed E-state index contributed by atoms with van der Waals surface area (Å²) < 4.78 is 29.0. The molecule has 0 amide bonds. The molecule has 40 heavy (non-hydrogen) atoms. The summed E-state index contributed by atoms with van der Waals surface area (Å²) in [4.78, 5) is 38.3. The van der Waals surface area contributed by atoms with Crippen molar-refractivity contribution in [1.29, 1.82) is 0 Å². The monoisotopic (exact) mass is 592 g/mol. The molecule has 11 heteroatoms. The number of carbonyl (C=O) groups excluding carboxylic acids is 2. The molecule has 1 saturated heterocycles. The molecule has 3 rings (SSSR count). The van der Waals surface area contributed by atoms with Gasteiger partial charge in [0.05, 0.1) is 11.1 Å². The number of hydrogen-bond donors (Lipinski definition) is 2. The molecule has 220 valence electrons. The largest absolute Gasteiger partial charge is 0.506 e. The minimum absolute atomic E-state index is 0.0233. The van der Waals surface area contributed by atoms with E-state index in [2.05, 4.69) is 0 Å². The highest BCUT2D eigenvalue weighted by atomic mass is 32.2. The van der Waals surface area contributed by atoms with Gasteiger partial charge in [0.15, 0.2) is 16.6 Å². The zero-order valence-electron chi connectivity index (χ0n) is 24.3. The van der Waals surface area contributed by atoms with Gasteiger partial charge in [-0.15, -0.1) is 11.8 Å².